The lowest BCUT2D eigenvalue weighted by Gasteiger charge is -2.18. The summed E-state index contributed by atoms with van der Waals surface area (Å²) in [5.41, 5.74) is 7.93. The van der Waals surface area contributed by atoms with Gasteiger partial charge in [0.05, 0.1) is 11.4 Å². The van der Waals surface area contributed by atoms with Crippen molar-refractivity contribution in [2.75, 3.05) is 0 Å². The summed E-state index contributed by atoms with van der Waals surface area (Å²) in [4.78, 5) is 0. The standard InChI is InChI=1S/C26H24N6/c1-17-15-19(3)31(29-17)25-23(21-11-7-5-8-12-21)24(22-13-9-6-10-14-22)26(28-27-25)32-20(4)16-18(2)30-32/h5-16H,1-4H3. The number of aromatic nitrogens is 6. The molecule has 0 unspecified atom stereocenters. The third-order valence-corrected chi connectivity index (χ3v) is 5.48. The average Bonchev–Trinajstić information content (AvgIpc) is 3.33. The maximum Gasteiger partial charge on any atom is 0.184 e. The van der Waals surface area contributed by atoms with E-state index < -0.39 is 0 Å². The molecule has 6 nitrogen and oxygen atoms in total. The summed E-state index contributed by atoms with van der Waals surface area (Å²) in [6.45, 7) is 8.05. The predicted octanol–water partition coefficient (Wildman–Crippen LogP) is 5.42. The van der Waals surface area contributed by atoms with Crippen molar-refractivity contribution >= 4 is 0 Å². The Morgan fingerprint density at radius 1 is 0.531 bits per heavy atom. The lowest BCUT2D eigenvalue weighted by atomic mass is 9.95. The Morgan fingerprint density at radius 2 is 0.906 bits per heavy atom. The van der Waals surface area contributed by atoms with Crippen LogP contribution in [-0.4, -0.2) is 29.8 Å². The summed E-state index contributed by atoms with van der Waals surface area (Å²) in [7, 11) is 0. The molecule has 2 aromatic carbocycles. The predicted molar refractivity (Wildman–Crippen MR) is 126 cm³/mol. The van der Waals surface area contributed by atoms with Crippen LogP contribution < -0.4 is 0 Å². The minimum absolute atomic E-state index is 0.700. The van der Waals surface area contributed by atoms with Crippen LogP contribution in [0.15, 0.2) is 72.8 Å². The minimum Gasteiger partial charge on any atom is -0.217 e. The topological polar surface area (TPSA) is 61.4 Å². The Balaban J connectivity index is 1.93. The molecule has 0 atom stereocenters. The lowest BCUT2D eigenvalue weighted by Crippen LogP contribution is -2.13. The molecule has 6 heteroatoms. The van der Waals surface area contributed by atoms with E-state index in [4.69, 9.17) is 20.4 Å². The molecule has 0 aliphatic rings. The highest BCUT2D eigenvalue weighted by Crippen LogP contribution is 2.39. The van der Waals surface area contributed by atoms with Gasteiger partial charge in [0.2, 0.25) is 0 Å². The van der Waals surface area contributed by atoms with E-state index in [2.05, 4.69) is 24.3 Å². The van der Waals surface area contributed by atoms with Gasteiger partial charge in [-0.15, -0.1) is 10.2 Å². The van der Waals surface area contributed by atoms with Crippen LogP contribution >= 0.6 is 0 Å². The van der Waals surface area contributed by atoms with Gasteiger partial charge in [0.15, 0.2) is 11.6 Å². The number of hydrogen-bond acceptors (Lipinski definition) is 4. The van der Waals surface area contributed by atoms with Gasteiger partial charge < -0.3 is 0 Å². The molecule has 0 saturated carbocycles. The second-order valence-electron chi connectivity index (χ2n) is 8.01. The van der Waals surface area contributed by atoms with Gasteiger partial charge in [-0.1, -0.05) is 60.7 Å². The maximum atomic E-state index is 4.72. The summed E-state index contributed by atoms with van der Waals surface area (Å²) in [6, 6.07) is 24.7. The second kappa shape index (κ2) is 7.89. The molecule has 0 spiro atoms. The van der Waals surface area contributed by atoms with Gasteiger partial charge in [-0.05, 0) is 51.0 Å². The Kier molecular flexibility index (Phi) is 4.90. The monoisotopic (exact) mass is 420 g/mol. The van der Waals surface area contributed by atoms with Crippen LogP contribution in [0.1, 0.15) is 22.8 Å². The molecular formula is C26H24N6. The summed E-state index contributed by atoms with van der Waals surface area (Å²) in [5.74, 6) is 1.40. The van der Waals surface area contributed by atoms with Crippen LogP contribution in [0.4, 0.5) is 0 Å². The van der Waals surface area contributed by atoms with Crippen molar-refractivity contribution in [3.63, 3.8) is 0 Å². The Morgan fingerprint density at radius 3 is 1.22 bits per heavy atom. The molecule has 0 N–H and O–H groups in total. The molecule has 5 rings (SSSR count). The van der Waals surface area contributed by atoms with Gasteiger partial charge in [0, 0.05) is 22.5 Å². The zero-order valence-electron chi connectivity index (χ0n) is 18.6. The van der Waals surface area contributed by atoms with Crippen molar-refractivity contribution in [1.29, 1.82) is 0 Å². The largest absolute Gasteiger partial charge is 0.217 e. The van der Waals surface area contributed by atoms with Crippen molar-refractivity contribution in [2.24, 2.45) is 0 Å². The molecule has 0 bridgehead atoms. The van der Waals surface area contributed by atoms with Crippen LogP contribution in [0, 0.1) is 27.7 Å². The molecule has 0 aliphatic heterocycles. The van der Waals surface area contributed by atoms with Crippen LogP contribution in [-0.2, 0) is 0 Å². The number of rotatable bonds is 4. The van der Waals surface area contributed by atoms with Gasteiger partial charge in [-0.3, -0.25) is 0 Å². The Bertz CT molecular complexity index is 1290. The van der Waals surface area contributed by atoms with E-state index in [1.165, 1.54) is 0 Å². The first kappa shape index (κ1) is 19.9. The van der Waals surface area contributed by atoms with Crippen molar-refractivity contribution in [2.45, 2.75) is 27.7 Å². The first-order valence-corrected chi connectivity index (χ1v) is 10.6. The van der Waals surface area contributed by atoms with E-state index in [9.17, 15) is 0 Å². The van der Waals surface area contributed by atoms with Crippen molar-refractivity contribution < 1.29 is 0 Å². The second-order valence-corrected chi connectivity index (χ2v) is 8.01. The summed E-state index contributed by atoms with van der Waals surface area (Å²) >= 11 is 0. The number of benzene rings is 2. The van der Waals surface area contributed by atoms with Crippen LogP contribution in [0.5, 0.6) is 0 Å². The molecule has 5 aromatic rings. The van der Waals surface area contributed by atoms with Gasteiger partial charge in [0.1, 0.15) is 0 Å². The van der Waals surface area contributed by atoms with Crippen molar-refractivity contribution in [1.82, 2.24) is 29.8 Å². The Hall–Kier alpha value is -4.06. The first-order valence-electron chi connectivity index (χ1n) is 10.6. The normalized spacial score (nSPS) is 11.1. The third-order valence-electron chi connectivity index (χ3n) is 5.48. The van der Waals surface area contributed by atoms with E-state index in [-0.39, 0.29) is 0 Å². The highest BCUT2D eigenvalue weighted by atomic mass is 15.4. The van der Waals surface area contributed by atoms with Crippen molar-refractivity contribution in [3.8, 4) is 33.9 Å². The smallest absolute Gasteiger partial charge is 0.184 e. The van der Waals surface area contributed by atoms with Gasteiger partial charge >= 0.3 is 0 Å². The van der Waals surface area contributed by atoms with Crippen LogP contribution in [0.25, 0.3) is 33.9 Å². The fourth-order valence-electron chi connectivity index (χ4n) is 4.16. The van der Waals surface area contributed by atoms with Gasteiger partial charge in [-0.25, -0.2) is 9.36 Å². The van der Waals surface area contributed by atoms with Gasteiger partial charge in [-0.2, -0.15) is 10.2 Å². The maximum absolute atomic E-state index is 4.72. The highest BCUT2D eigenvalue weighted by Gasteiger charge is 2.24. The molecule has 3 aromatic heterocycles. The number of hydrogen-bond donors (Lipinski definition) is 0. The van der Waals surface area contributed by atoms with E-state index in [0.717, 1.165) is 45.0 Å². The summed E-state index contributed by atoms with van der Waals surface area (Å²) in [5, 5.41) is 18.8. The zero-order chi connectivity index (χ0) is 22.2. The quantitative estimate of drug-likeness (QED) is 0.390. The van der Waals surface area contributed by atoms with Crippen LogP contribution in [0.3, 0.4) is 0 Å². The van der Waals surface area contributed by atoms with E-state index >= 15 is 0 Å². The van der Waals surface area contributed by atoms with E-state index in [0.29, 0.717) is 11.6 Å². The first-order chi connectivity index (χ1) is 15.5. The SMILES string of the molecule is Cc1cc(C)n(-c2nnc(-n3nc(C)cc3C)c(-c3ccccc3)c2-c2ccccc2)n1. The molecule has 0 amide bonds. The molecule has 158 valence electrons. The molecule has 0 radical (unpaired) electrons. The van der Waals surface area contributed by atoms with Crippen molar-refractivity contribution in [3.05, 3.63) is 95.6 Å². The minimum atomic E-state index is 0.700. The summed E-state index contributed by atoms with van der Waals surface area (Å²) < 4.78 is 3.75. The molecule has 0 saturated heterocycles. The zero-order valence-corrected chi connectivity index (χ0v) is 18.6. The van der Waals surface area contributed by atoms with Crippen LogP contribution in [0.2, 0.25) is 0 Å². The molecule has 0 aliphatic carbocycles. The number of aryl methyl sites for hydroxylation is 4. The van der Waals surface area contributed by atoms with E-state index in [1.54, 1.807) is 0 Å². The molecular weight excluding hydrogens is 396 g/mol. The lowest BCUT2D eigenvalue weighted by molar-refractivity contribution is 0.748. The number of nitrogens with zero attached hydrogens (tertiary/aromatic N) is 6. The fourth-order valence-corrected chi connectivity index (χ4v) is 4.16. The molecule has 0 fully saturated rings. The summed E-state index contributed by atoms with van der Waals surface area (Å²) in [6.07, 6.45) is 0. The van der Waals surface area contributed by atoms with Gasteiger partial charge in [0.25, 0.3) is 0 Å². The molecule has 32 heavy (non-hydrogen) atoms. The van der Waals surface area contributed by atoms with E-state index in [1.807, 2.05) is 85.6 Å². The fraction of sp³-hybridized carbons (Fsp3) is 0.154. The molecule has 3 heterocycles. The highest BCUT2D eigenvalue weighted by molar-refractivity contribution is 5.91. The Labute approximate surface area is 187 Å². The third kappa shape index (κ3) is 3.39. The average molecular weight is 421 g/mol.